The molecule has 2 aromatic carbocycles. The second kappa shape index (κ2) is 12.3. The van der Waals surface area contributed by atoms with Crippen LogP contribution in [0.1, 0.15) is 49.8 Å². The molecule has 2 N–H and O–H groups in total. The highest BCUT2D eigenvalue weighted by atomic mass is 127. The van der Waals surface area contributed by atoms with Crippen LogP contribution in [0.5, 0.6) is 0 Å². The molecule has 1 unspecified atom stereocenters. The number of halogens is 1. The average Bonchev–Trinajstić information content (AvgIpc) is 3.51. The molecule has 0 saturated carbocycles. The monoisotopic (exact) mass is 561 g/mol. The molecule has 0 aromatic heterocycles. The lowest BCUT2D eigenvalue weighted by Gasteiger charge is -2.22. The van der Waals surface area contributed by atoms with Crippen LogP contribution in [0.4, 0.5) is 11.4 Å². The Labute approximate surface area is 214 Å². The molecule has 7 heteroatoms. The van der Waals surface area contributed by atoms with Gasteiger partial charge in [-0.1, -0.05) is 30.3 Å². The lowest BCUT2D eigenvalue weighted by Crippen LogP contribution is -2.39. The van der Waals surface area contributed by atoms with Crippen LogP contribution >= 0.6 is 24.0 Å². The van der Waals surface area contributed by atoms with Gasteiger partial charge in [-0.25, -0.2) is 0 Å². The van der Waals surface area contributed by atoms with Crippen molar-refractivity contribution in [3.8, 4) is 0 Å². The van der Waals surface area contributed by atoms with Gasteiger partial charge in [0.25, 0.3) is 0 Å². The standard InChI is InChI=1S/C26H35N5O.HI/c1-20(22-10-7-11-23(19-22)30-16-5-6-17-30)29-26(27-2)28-15-8-13-25(32)31-18-14-21-9-3-4-12-24(21)31;/h3-4,7,9-12,19-20H,5-6,8,13-18H2,1-2H3,(H2,27,28,29);1H. The van der Waals surface area contributed by atoms with Crippen LogP contribution in [0.25, 0.3) is 0 Å². The van der Waals surface area contributed by atoms with Crippen LogP contribution in [0, 0.1) is 0 Å². The Balaban J connectivity index is 0.00000306. The molecule has 0 aliphatic carbocycles. The Bertz CT molecular complexity index is 957. The molecule has 178 valence electrons. The molecule has 1 amide bonds. The van der Waals surface area contributed by atoms with E-state index in [1.54, 1.807) is 7.05 Å². The third-order valence-electron chi connectivity index (χ3n) is 6.47. The van der Waals surface area contributed by atoms with E-state index in [1.807, 2.05) is 23.1 Å². The van der Waals surface area contributed by atoms with Gasteiger partial charge in [0.15, 0.2) is 5.96 Å². The third kappa shape index (κ3) is 6.40. The Morgan fingerprint density at radius 3 is 2.67 bits per heavy atom. The lowest BCUT2D eigenvalue weighted by atomic mass is 10.1. The Hall–Kier alpha value is -2.29. The summed E-state index contributed by atoms with van der Waals surface area (Å²) in [4.78, 5) is 21.4. The fraction of sp³-hybridized carbons (Fsp3) is 0.462. The fourth-order valence-corrected chi connectivity index (χ4v) is 4.63. The van der Waals surface area contributed by atoms with Crippen LogP contribution in [0.15, 0.2) is 53.5 Å². The van der Waals surface area contributed by atoms with Gasteiger partial charge in [-0.3, -0.25) is 9.79 Å². The highest BCUT2D eigenvalue weighted by Gasteiger charge is 2.23. The van der Waals surface area contributed by atoms with Crippen LogP contribution < -0.4 is 20.4 Å². The maximum Gasteiger partial charge on any atom is 0.227 e. The van der Waals surface area contributed by atoms with Crippen molar-refractivity contribution in [1.82, 2.24) is 10.6 Å². The second-order valence-corrected chi connectivity index (χ2v) is 8.68. The van der Waals surface area contributed by atoms with Crippen LogP contribution in [-0.4, -0.2) is 45.1 Å². The first-order valence-electron chi connectivity index (χ1n) is 11.9. The first-order chi connectivity index (χ1) is 15.7. The van der Waals surface area contributed by atoms with E-state index in [0.29, 0.717) is 13.0 Å². The van der Waals surface area contributed by atoms with Crippen molar-refractivity contribution in [3.63, 3.8) is 0 Å². The van der Waals surface area contributed by atoms with Crippen molar-refractivity contribution in [2.75, 3.05) is 43.0 Å². The Morgan fingerprint density at radius 2 is 1.88 bits per heavy atom. The predicted molar refractivity (Wildman–Crippen MR) is 148 cm³/mol. The third-order valence-corrected chi connectivity index (χ3v) is 6.47. The Kier molecular flexibility index (Phi) is 9.41. The van der Waals surface area contributed by atoms with E-state index in [2.05, 4.69) is 57.8 Å². The molecule has 0 radical (unpaired) electrons. The molecule has 6 nitrogen and oxygen atoms in total. The SMILES string of the molecule is CN=C(NCCCC(=O)N1CCc2ccccc21)NC(C)c1cccc(N2CCCC2)c1.I. The topological polar surface area (TPSA) is 60.0 Å². The lowest BCUT2D eigenvalue weighted by molar-refractivity contribution is -0.118. The summed E-state index contributed by atoms with van der Waals surface area (Å²) in [5.74, 6) is 0.967. The number of nitrogens with one attached hydrogen (secondary N) is 2. The van der Waals surface area contributed by atoms with E-state index in [1.165, 1.54) is 29.7 Å². The van der Waals surface area contributed by atoms with E-state index in [9.17, 15) is 4.79 Å². The summed E-state index contributed by atoms with van der Waals surface area (Å²) in [5, 5.41) is 6.84. The van der Waals surface area contributed by atoms with Crippen molar-refractivity contribution in [2.24, 2.45) is 4.99 Å². The Morgan fingerprint density at radius 1 is 1.09 bits per heavy atom. The van der Waals surface area contributed by atoms with Crippen molar-refractivity contribution >= 4 is 47.2 Å². The van der Waals surface area contributed by atoms with E-state index in [0.717, 1.165) is 44.1 Å². The zero-order valence-electron chi connectivity index (χ0n) is 19.7. The van der Waals surface area contributed by atoms with Gasteiger partial charge in [0.05, 0.1) is 6.04 Å². The summed E-state index contributed by atoms with van der Waals surface area (Å²) >= 11 is 0. The van der Waals surface area contributed by atoms with Crippen molar-refractivity contribution < 1.29 is 4.79 Å². The van der Waals surface area contributed by atoms with Gasteiger partial charge in [0.2, 0.25) is 5.91 Å². The van der Waals surface area contributed by atoms with E-state index in [-0.39, 0.29) is 35.9 Å². The number of carbonyl (C=O) groups is 1. The molecule has 4 rings (SSSR count). The molecule has 33 heavy (non-hydrogen) atoms. The summed E-state index contributed by atoms with van der Waals surface area (Å²) in [6.07, 6.45) is 4.82. The zero-order valence-corrected chi connectivity index (χ0v) is 22.0. The number of benzene rings is 2. The number of amides is 1. The van der Waals surface area contributed by atoms with Gasteiger partial charge in [-0.15, -0.1) is 24.0 Å². The number of para-hydroxylation sites is 1. The number of hydrogen-bond acceptors (Lipinski definition) is 3. The van der Waals surface area contributed by atoms with Crippen LogP contribution in [0.2, 0.25) is 0 Å². The summed E-state index contributed by atoms with van der Waals surface area (Å²) in [6.45, 7) is 5.96. The van der Waals surface area contributed by atoms with E-state index >= 15 is 0 Å². The second-order valence-electron chi connectivity index (χ2n) is 8.68. The van der Waals surface area contributed by atoms with Crippen LogP contribution in [0.3, 0.4) is 0 Å². The summed E-state index contributed by atoms with van der Waals surface area (Å²) in [5.41, 5.74) is 4.90. The summed E-state index contributed by atoms with van der Waals surface area (Å²) in [7, 11) is 1.79. The summed E-state index contributed by atoms with van der Waals surface area (Å²) < 4.78 is 0. The number of rotatable bonds is 7. The minimum atomic E-state index is 0. The van der Waals surface area contributed by atoms with Gasteiger partial charge >= 0.3 is 0 Å². The normalized spacial score (nSPS) is 16.2. The maximum absolute atomic E-state index is 12.7. The van der Waals surface area contributed by atoms with Gasteiger partial charge < -0.3 is 20.4 Å². The molecule has 2 aromatic rings. The van der Waals surface area contributed by atoms with Crippen LogP contribution in [-0.2, 0) is 11.2 Å². The molecular formula is C26H36IN5O. The number of nitrogens with zero attached hydrogens (tertiary/aromatic N) is 3. The van der Waals surface area contributed by atoms with Crippen molar-refractivity contribution in [3.05, 3.63) is 59.7 Å². The smallest absolute Gasteiger partial charge is 0.227 e. The molecule has 2 aliphatic rings. The molecule has 2 aliphatic heterocycles. The molecule has 2 heterocycles. The zero-order chi connectivity index (χ0) is 22.3. The van der Waals surface area contributed by atoms with E-state index in [4.69, 9.17) is 0 Å². The van der Waals surface area contributed by atoms with E-state index < -0.39 is 0 Å². The number of carbonyl (C=O) groups excluding carboxylic acids is 1. The quantitative estimate of drug-likeness (QED) is 0.226. The number of fused-ring (bicyclic) bond motifs is 1. The number of aliphatic imine (C=N–C) groups is 1. The number of guanidine groups is 1. The van der Waals surface area contributed by atoms with Gasteiger partial charge in [-0.2, -0.15) is 0 Å². The van der Waals surface area contributed by atoms with Gasteiger partial charge in [0, 0.05) is 51.0 Å². The minimum Gasteiger partial charge on any atom is -0.372 e. The molecule has 1 saturated heterocycles. The predicted octanol–water partition coefficient (Wildman–Crippen LogP) is 4.50. The fourth-order valence-electron chi connectivity index (χ4n) is 4.63. The first kappa shape index (κ1) is 25.3. The first-order valence-corrected chi connectivity index (χ1v) is 11.9. The largest absolute Gasteiger partial charge is 0.372 e. The summed E-state index contributed by atoms with van der Waals surface area (Å²) in [6, 6.07) is 17.1. The molecule has 1 atom stereocenters. The van der Waals surface area contributed by atoms with Gasteiger partial charge in [0.1, 0.15) is 0 Å². The minimum absolute atomic E-state index is 0. The maximum atomic E-state index is 12.7. The highest BCUT2D eigenvalue weighted by molar-refractivity contribution is 14.0. The number of anilines is 2. The molecule has 0 bridgehead atoms. The molecular weight excluding hydrogens is 525 g/mol. The highest BCUT2D eigenvalue weighted by Crippen LogP contribution is 2.28. The van der Waals surface area contributed by atoms with Gasteiger partial charge in [-0.05, 0) is 61.9 Å². The number of hydrogen-bond donors (Lipinski definition) is 2. The molecule has 1 fully saturated rings. The van der Waals surface area contributed by atoms with Crippen molar-refractivity contribution in [2.45, 2.75) is 45.1 Å². The average molecular weight is 562 g/mol. The molecule has 0 spiro atoms. The van der Waals surface area contributed by atoms with Crippen molar-refractivity contribution in [1.29, 1.82) is 0 Å².